The van der Waals surface area contributed by atoms with Crippen molar-refractivity contribution in [3.8, 4) is 0 Å². The summed E-state index contributed by atoms with van der Waals surface area (Å²) in [6.45, 7) is 3.70. The minimum absolute atomic E-state index is 0.112. The van der Waals surface area contributed by atoms with Gasteiger partial charge in [0, 0.05) is 30.8 Å². The minimum Gasteiger partial charge on any atom is -0.481 e. The molecule has 1 atom stereocenters. The molecule has 7 heteroatoms. The number of non-ortho nitro benzene ring substituents is 1. The van der Waals surface area contributed by atoms with Crippen LogP contribution in [-0.4, -0.2) is 34.9 Å². The van der Waals surface area contributed by atoms with E-state index in [9.17, 15) is 24.8 Å². The van der Waals surface area contributed by atoms with E-state index >= 15 is 0 Å². The molecule has 1 saturated heterocycles. The van der Waals surface area contributed by atoms with Crippen LogP contribution >= 0.6 is 0 Å². The number of carboxylic acid groups (broad SMARTS) is 1. The second-order valence-corrected chi connectivity index (χ2v) is 5.55. The molecule has 1 aromatic carbocycles. The summed E-state index contributed by atoms with van der Waals surface area (Å²) in [7, 11) is 0. The lowest BCUT2D eigenvalue weighted by atomic mass is 9.90. The molecule has 7 nitrogen and oxygen atoms in total. The number of nitro benzene ring substituents is 1. The summed E-state index contributed by atoms with van der Waals surface area (Å²) in [6, 6.07) is 4.04. The lowest BCUT2D eigenvalue weighted by Crippen LogP contribution is -2.32. The van der Waals surface area contributed by atoms with Crippen molar-refractivity contribution in [3.05, 3.63) is 33.9 Å². The van der Waals surface area contributed by atoms with Crippen molar-refractivity contribution in [2.45, 2.75) is 20.3 Å². The Bertz CT molecular complexity index is 628. The summed E-state index contributed by atoms with van der Waals surface area (Å²) in [5.41, 5.74) is -0.213. The molecule has 21 heavy (non-hydrogen) atoms. The average molecular weight is 292 g/mol. The van der Waals surface area contributed by atoms with E-state index < -0.39 is 16.3 Å². The van der Waals surface area contributed by atoms with Gasteiger partial charge in [0.15, 0.2) is 5.78 Å². The van der Waals surface area contributed by atoms with Crippen molar-refractivity contribution in [2.75, 3.05) is 18.0 Å². The molecule has 0 amide bonds. The number of hydrogen-bond donors (Lipinski definition) is 1. The molecule has 112 valence electrons. The molecule has 0 aromatic heterocycles. The number of aliphatic carboxylic acids is 1. The first kappa shape index (κ1) is 15.0. The van der Waals surface area contributed by atoms with Gasteiger partial charge in [-0.05, 0) is 26.3 Å². The molecular weight excluding hydrogens is 276 g/mol. The number of Topliss-reactive ketones (excluding diaryl/α,β-unsaturated/α-hetero) is 1. The van der Waals surface area contributed by atoms with E-state index in [0.717, 1.165) is 0 Å². The van der Waals surface area contributed by atoms with Crippen molar-refractivity contribution in [2.24, 2.45) is 5.41 Å². The lowest BCUT2D eigenvalue weighted by molar-refractivity contribution is -0.384. The molecule has 1 aromatic rings. The van der Waals surface area contributed by atoms with Gasteiger partial charge in [-0.1, -0.05) is 0 Å². The predicted molar refractivity (Wildman–Crippen MR) is 75.7 cm³/mol. The van der Waals surface area contributed by atoms with Gasteiger partial charge < -0.3 is 10.0 Å². The van der Waals surface area contributed by atoms with Gasteiger partial charge in [0.05, 0.1) is 16.0 Å². The number of carbonyl (C=O) groups is 2. The maximum Gasteiger partial charge on any atom is 0.311 e. The summed E-state index contributed by atoms with van der Waals surface area (Å²) in [5.74, 6) is -1.11. The Morgan fingerprint density at radius 2 is 2.10 bits per heavy atom. The van der Waals surface area contributed by atoms with E-state index in [1.807, 2.05) is 0 Å². The summed E-state index contributed by atoms with van der Waals surface area (Å²) in [6.07, 6.45) is 0.433. The molecule has 1 unspecified atom stereocenters. The number of nitrogens with zero attached hydrogens (tertiary/aromatic N) is 2. The Balaban J connectivity index is 2.43. The zero-order valence-electron chi connectivity index (χ0n) is 11.8. The van der Waals surface area contributed by atoms with Crippen LogP contribution in [-0.2, 0) is 4.79 Å². The number of ketones is 1. The minimum atomic E-state index is -0.904. The van der Waals surface area contributed by atoms with Crippen LogP contribution in [0.1, 0.15) is 30.6 Å². The monoisotopic (exact) mass is 292 g/mol. The van der Waals surface area contributed by atoms with Crippen LogP contribution in [0.25, 0.3) is 0 Å². The van der Waals surface area contributed by atoms with E-state index in [1.165, 1.54) is 25.1 Å². The van der Waals surface area contributed by atoms with E-state index in [2.05, 4.69) is 0 Å². The molecule has 0 aliphatic carbocycles. The van der Waals surface area contributed by atoms with E-state index in [0.29, 0.717) is 24.2 Å². The van der Waals surface area contributed by atoms with Gasteiger partial charge in [-0.25, -0.2) is 0 Å². The van der Waals surface area contributed by atoms with Gasteiger partial charge in [0.2, 0.25) is 0 Å². The Kier molecular flexibility index (Phi) is 3.67. The zero-order valence-corrected chi connectivity index (χ0v) is 11.8. The summed E-state index contributed by atoms with van der Waals surface area (Å²) in [5, 5.41) is 20.1. The van der Waals surface area contributed by atoms with Crippen LogP contribution in [0.5, 0.6) is 0 Å². The molecule has 0 saturated carbocycles. The Morgan fingerprint density at radius 3 is 2.57 bits per heavy atom. The lowest BCUT2D eigenvalue weighted by Gasteiger charge is -2.23. The van der Waals surface area contributed by atoms with Gasteiger partial charge in [-0.2, -0.15) is 0 Å². The third kappa shape index (κ3) is 2.72. The van der Waals surface area contributed by atoms with Gasteiger partial charge in [-0.15, -0.1) is 0 Å². The Hall–Kier alpha value is -2.44. The van der Waals surface area contributed by atoms with Crippen molar-refractivity contribution in [3.63, 3.8) is 0 Å². The molecule has 0 radical (unpaired) electrons. The third-order valence-electron chi connectivity index (χ3n) is 3.90. The highest BCUT2D eigenvalue weighted by molar-refractivity contribution is 6.00. The number of carboxylic acids is 1. The van der Waals surface area contributed by atoms with Crippen molar-refractivity contribution < 1.29 is 19.6 Å². The average Bonchev–Trinajstić information content (AvgIpc) is 2.82. The van der Waals surface area contributed by atoms with E-state index in [4.69, 9.17) is 0 Å². The number of carbonyl (C=O) groups excluding carboxylic acids is 1. The summed E-state index contributed by atoms with van der Waals surface area (Å²) in [4.78, 5) is 35.1. The molecule has 1 aliphatic rings. The quantitative estimate of drug-likeness (QED) is 0.518. The highest BCUT2D eigenvalue weighted by atomic mass is 16.6. The molecule has 2 rings (SSSR count). The van der Waals surface area contributed by atoms with Crippen LogP contribution in [0, 0.1) is 15.5 Å². The number of hydrogen-bond acceptors (Lipinski definition) is 5. The first-order valence-corrected chi connectivity index (χ1v) is 6.52. The van der Waals surface area contributed by atoms with Crippen LogP contribution in [0.3, 0.4) is 0 Å². The van der Waals surface area contributed by atoms with E-state index in [-0.39, 0.29) is 18.0 Å². The maximum atomic E-state index is 11.7. The maximum absolute atomic E-state index is 11.7. The number of rotatable bonds is 4. The van der Waals surface area contributed by atoms with Gasteiger partial charge in [-0.3, -0.25) is 19.7 Å². The Morgan fingerprint density at radius 1 is 1.43 bits per heavy atom. The Labute approximate surface area is 121 Å². The first-order chi connectivity index (χ1) is 9.74. The van der Waals surface area contributed by atoms with Crippen molar-refractivity contribution >= 4 is 23.1 Å². The smallest absolute Gasteiger partial charge is 0.311 e. The molecule has 1 fully saturated rings. The van der Waals surface area contributed by atoms with Gasteiger partial charge in [0.1, 0.15) is 0 Å². The molecule has 0 spiro atoms. The highest BCUT2D eigenvalue weighted by Crippen LogP contribution is 2.36. The highest BCUT2D eigenvalue weighted by Gasteiger charge is 2.41. The molecular formula is C14H16N2O5. The first-order valence-electron chi connectivity index (χ1n) is 6.52. The largest absolute Gasteiger partial charge is 0.481 e. The van der Waals surface area contributed by atoms with Crippen molar-refractivity contribution in [1.82, 2.24) is 0 Å². The van der Waals surface area contributed by atoms with Crippen LogP contribution < -0.4 is 4.90 Å². The number of anilines is 1. The summed E-state index contributed by atoms with van der Waals surface area (Å²) >= 11 is 0. The summed E-state index contributed by atoms with van der Waals surface area (Å²) < 4.78 is 0. The number of nitro groups is 1. The van der Waals surface area contributed by atoms with Crippen LogP contribution in [0.4, 0.5) is 11.4 Å². The fraction of sp³-hybridized carbons (Fsp3) is 0.429. The van der Waals surface area contributed by atoms with Gasteiger partial charge >= 0.3 is 5.97 Å². The van der Waals surface area contributed by atoms with Crippen LogP contribution in [0.2, 0.25) is 0 Å². The molecule has 1 aliphatic heterocycles. The SMILES string of the molecule is CC(=O)c1ccc([N+](=O)[O-])cc1N1CCC(C)(C(=O)O)C1. The standard InChI is InChI=1S/C14H16N2O5/c1-9(17)11-4-3-10(16(20)21)7-12(11)15-6-5-14(2,8-15)13(18)19/h3-4,7H,5-6,8H2,1-2H3,(H,18,19). The van der Waals surface area contributed by atoms with E-state index in [1.54, 1.807) is 11.8 Å². The normalized spacial score (nSPS) is 21.3. The predicted octanol–water partition coefficient (Wildman–Crippen LogP) is 2.10. The fourth-order valence-electron chi connectivity index (χ4n) is 2.53. The second-order valence-electron chi connectivity index (χ2n) is 5.55. The molecule has 0 bridgehead atoms. The second kappa shape index (κ2) is 5.16. The zero-order chi connectivity index (χ0) is 15.8. The van der Waals surface area contributed by atoms with Crippen molar-refractivity contribution in [1.29, 1.82) is 0 Å². The van der Waals surface area contributed by atoms with Gasteiger partial charge in [0.25, 0.3) is 5.69 Å². The topological polar surface area (TPSA) is 101 Å². The fourth-order valence-corrected chi connectivity index (χ4v) is 2.53. The van der Waals surface area contributed by atoms with Crippen LogP contribution in [0.15, 0.2) is 18.2 Å². The third-order valence-corrected chi connectivity index (χ3v) is 3.90. The number of benzene rings is 1. The molecule has 1 heterocycles. The molecule has 1 N–H and O–H groups in total.